The molecule has 2 saturated heterocycles. The Kier molecular flexibility index (Phi) is 7.49. The maximum atomic E-state index is 13.2. The van der Waals surface area contributed by atoms with E-state index in [-0.39, 0.29) is 19.1 Å². The van der Waals surface area contributed by atoms with E-state index in [0.717, 1.165) is 17.1 Å². The number of amides is 2. The Morgan fingerprint density at radius 1 is 0.923 bits per heavy atom. The van der Waals surface area contributed by atoms with E-state index in [1.165, 1.54) is 10.5 Å². The van der Waals surface area contributed by atoms with Gasteiger partial charge in [0.15, 0.2) is 0 Å². The fraction of sp³-hybridized carbons (Fsp3) is 0.333. The highest BCUT2D eigenvalue weighted by atomic mass is 16.6. The number of anilines is 2. The molecule has 39 heavy (non-hydrogen) atoms. The summed E-state index contributed by atoms with van der Waals surface area (Å²) >= 11 is 0. The molecule has 0 bridgehead atoms. The predicted octanol–water partition coefficient (Wildman–Crippen LogP) is 4.15. The summed E-state index contributed by atoms with van der Waals surface area (Å²) in [5.41, 5.74) is 4.91. The van der Waals surface area contributed by atoms with Crippen LogP contribution in [0.25, 0.3) is 0 Å². The van der Waals surface area contributed by atoms with Crippen LogP contribution in [0.1, 0.15) is 37.5 Å². The van der Waals surface area contributed by atoms with Crippen molar-refractivity contribution in [3.8, 4) is 0 Å². The first-order valence-corrected chi connectivity index (χ1v) is 13.1. The number of nitrogens with zero attached hydrogens (tertiary/aromatic N) is 4. The molecular formula is C30H32N4O5. The van der Waals surface area contributed by atoms with Gasteiger partial charge in [-0.15, -0.1) is 0 Å². The van der Waals surface area contributed by atoms with E-state index in [4.69, 9.17) is 14.5 Å². The number of hydrogen-bond acceptors (Lipinski definition) is 7. The summed E-state index contributed by atoms with van der Waals surface area (Å²) in [4.78, 5) is 48.3. The van der Waals surface area contributed by atoms with Crippen LogP contribution in [0.3, 0.4) is 0 Å². The fourth-order valence-electron chi connectivity index (χ4n) is 4.95. The SMILES string of the molecule is Cc1cc(C)c(N2CCN(C(=O)c3ccc(N4C(=O)OCC4COC(=O)c4ccccc4)cc3)CC2)nc1C. The first-order valence-electron chi connectivity index (χ1n) is 13.1. The van der Waals surface area contributed by atoms with Gasteiger partial charge in [0.2, 0.25) is 0 Å². The van der Waals surface area contributed by atoms with E-state index in [1.54, 1.807) is 48.5 Å². The Balaban J connectivity index is 1.20. The van der Waals surface area contributed by atoms with Gasteiger partial charge < -0.3 is 19.3 Å². The standard InChI is InChI=1S/C30H32N4O5/c1-20-17-21(2)27(31-22(20)3)32-13-15-33(16-14-32)28(35)23-9-11-25(12-10-23)34-26(19-39-30(34)37)18-38-29(36)24-7-5-4-6-8-24/h4-12,17,26H,13-16,18-19H2,1-3H3. The lowest BCUT2D eigenvalue weighted by molar-refractivity contribution is 0.0475. The van der Waals surface area contributed by atoms with E-state index >= 15 is 0 Å². The third-order valence-corrected chi connectivity index (χ3v) is 7.27. The Bertz CT molecular complexity index is 1370. The number of pyridine rings is 1. The number of benzene rings is 2. The van der Waals surface area contributed by atoms with Crippen molar-refractivity contribution in [2.75, 3.05) is 49.2 Å². The Hall–Kier alpha value is -4.40. The average Bonchev–Trinajstić information content (AvgIpc) is 3.34. The molecule has 3 heterocycles. The summed E-state index contributed by atoms with van der Waals surface area (Å²) < 4.78 is 10.7. The van der Waals surface area contributed by atoms with Gasteiger partial charge in [-0.05, 0) is 68.3 Å². The van der Waals surface area contributed by atoms with E-state index in [0.29, 0.717) is 43.0 Å². The second-order valence-corrected chi connectivity index (χ2v) is 9.92. The molecule has 5 rings (SSSR count). The van der Waals surface area contributed by atoms with Crippen molar-refractivity contribution in [2.24, 2.45) is 0 Å². The highest BCUT2D eigenvalue weighted by Gasteiger charge is 2.35. The smallest absolute Gasteiger partial charge is 0.414 e. The number of ether oxygens (including phenoxy) is 2. The van der Waals surface area contributed by atoms with E-state index in [2.05, 4.69) is 24.8 Å². The minimum absolute atomic E-state index is 0.000728. The maximum Gasteiger partial charge on any atom is 0.414 e. The van der Waals surface area contributed by atoms with Gasteiger partial charge in [-0.25, -0.2) is 14.6 Å². The largest absolute Gasteiger partial charge is 0.460 e. The van der Waals surface area contributed by atoms with Crippen LogP contribution in [0.15, 0.2) is 60.7 Å². The van der Waals surface area contributed by atoms with Crippen molar-refractivity contribution < 1.29 is 23.9 Å². The van der Waals surface area contributed by atoms with Crippen LogP contribution in [-0.2, 0) is 9.47 Å². The van der Waals surface area contributed by atoms with Gasteiger partial charge in [0.05, 0.1) is 5.56 Å². The summed E-state index contributed by atoms with van der Waals surface area (Å²) in [7, 11) is 0. The highest BCUT2D eigenvalue weighted by molar-refractivity contribution is 5.96. The van der Waals surface area contributed by atoms with Gasteiger partial charge >= 0.3 is 12.1 Å². The van der Waals surface area contributed by atoms with Crippen molar-refractivity contribution in [1.29, 1.82) is 0 Å². The van der Waals surface area contributed by atoms with Crippen LogP contribution in [0.5, 0.6) is 0 Å². The summed E-state index contributed by atoms with van der Waals surface area (Å²) in [5.74, 6) is 0.471. The van der Waals surface area contributed by atoms with Crippen molar-refractivity contribution >= 4 is 29.5 Å². The van der Waals surface area contributed by atoms with Gasteiger partial charge in [0.25, 0.3) is 5.91 Å². The molecule has 9 nitrogen and oxygen atoms in total. The van der Waals surface area contributed by atoms with Crippen LogP contribution >= 0.6 is 0 Å². The first kappa shape index (κ1) is 26.2. The van der Waals surface area contributed by atoms with Crippen molar-refractivity contribution in [1.82, 2.24) is 9.88 Å². The molecular weight excluding hydrogens is 496 g/mol. The predicted molar refractivity (Wildman–Crippen MR) is 147 cm³/mol. The van der Waals surface area contributed by atoms with Crippen molar-refractivity contribution in [2.45, 2.75) is 26.8 Å². The summed E-state index contributed by atoms with van der Waals surface area (Å²) in [6, 6.07) is 17.3. The topological polar surface area (TPSA) is 92.3 Å². The number of hydrogen-bond donors (Lipinski definition) is 0. The molecule has 0 radical (unpaired) electrons. The number of rotatable bonds is 6. The lowest BCUT2D eigenvalue weighted by Gasteiger charge is -2.36. The third-order valence-electron chi connectivity index (χ3n) is 7.27. The molecule has 3 aromatic rings. The van der Waals surface area contributed by atoms with Crippen LogP contribution in [0, 0.1) is 20.8 Å². The molecule has 2 aliphatic rings. The number of aryl methyl sites for hydroxylation is 3. The molecule has 0 N–H and O–H groups in total. The number of esters is 1. The monoisotopic (exact) mass is 528 g/mol. The zero-order valence-corrected chi connectivity index (χ0v) is 22.4. The second kappa shape index (κ2) is 11.1. The Morgan fingerprint density at radius 3 is 2.31 bits per heavy atom. The molecule has 2 fully saturated rings. The van der Waals surface area contributed by atoms with E-state index in [1.807, 2.05) is 17.9 Å². The number of aromatic nitrogens is 1. The molecule has 2 aromatic carbocycles. The molecule has 0 saturated carbocycles. The molecule has 2 aliphatic heterocycles. The average molecular weight is 529 g/mol. The summed E-state index contributed by atoms with van der Waals surface area (Å²) in [5, 5.41) is 0. The number of carbonyl (C=O) groups is 3. The van der Waals surface area contributed by atoms with E-state index in [9.17, 15) is 14.4 Å². The molecule has 2 amide bonds. The van der Waals surface area contributed by atoms with Crippen molar-refractivity contribution in [3.63, 3.8) is 0 Å². The molecule has 9 heteroatoms. The van der Waals surface area contributed by atoms with Crippen LogP contribution in [-0.4, -0.2) is 73.3 Å². The molecule has 1 aromatic heterocycles. The number of cyclic esters (lactones) is 1. The minimum atomic E-state index is -0.513. The zero-order valence-electron chi connectivity index (χ0n) is 22.4. The van der Waals surface area contributed by atoms with Gasteiger partial charge in [-0.3, -0.25) is 9.69 Å². The minimum Gasteiger partial charge on any atom is -0.460 e. The molecule has 0 aliphatic carbocycles. The quantitative estimate of drug-likeness (QED) is 0.444. The van der Waals surface area contributed by atoms with Crippen LogP contribution < -0.4 is 9.80 Å². The second-order valence-electron chi connectivity index (χ2n) is 9.92. The molecule has 202 valence electrons. The number of piperazine rings is 1. The fourth-order valence-corrected chi connectivity index (χ4v) is 4.95. The van der Waals surface area contributed by atoms with E-state index < -0.39 is 18.1 Å². The van der Waals surface area contributed by atoms with Crippen LogP contribution in [0.4, 0.5) is 16.3 Å². The van der Waals surface area contributed by atoms with Crippen molar-refractivity contribution in [3.05, 3.63) is 88.6 Å². The van der Waals surface area contributed by atoms with Gasteiger partial charge in [-0.1, -0.05) is 24.3 Å². The number of carbonyl (C=O) groups excluding carboxylic acids is 3. The summed E-state index contributed by atoms with van der Waals surface area (Å²) in [6.07, 6.45) is -0.513. The maximum absolute atomic E-state index is 13.2. The molecule has 1 atom stereocenters. The van der Waals surface area contributed by atoms with Gasteiger partial charge in [-0.2, -0.15) is 0 Å². The van der Waals surface area contributed by atoms with Gasteiger partial charge in [0.1, 0.15) is 25.1 Å². The normalized spacial score (nSPS) is 17.3. The lowest BCUT2D eigenvalue weighted by atomic mass is 10.1. The van der Waals surface area contributed by atoms with Crippen LogP contribution in [0.2, 0.25) is 0 Å². The Morgan fingerprint density at radius 2 is 1.62 bits per heavy atom. The molecule has 0 spiro atoms. The highest BCUT2D eigenvalue weighted by Crippen LogP contribution is 2.26. The zero-order chi connectivity index (χ0) is 27.5. The third kappa shape index (κ3) is 5.57. The lowest BCUT2D eigenvalue weighted by Crippen LogP contribution is -2.49. The summed E-state index contributed by atoms with van der Waals surface area (Å²) in [6.45, 7) is 8.88. The first-order chi connectivity index (χ1) is 18.8. The Labute approximate surface area is 227 Å². The molecule has 1 unspecified atom stereocenters. The van der Waals surface area contributed by atoms with Gasteiger partial charge in [0, 0.05) is 43.1 Å².